The van der Waals surface area contributed by atoms with Crippen LogP contribution in [-0.2, 0) is 9.53 Å². The van der Waals surface area contributed by atoms with Crippen LogP contribution in [0.5, 0.6) is 0 Å². The topological polar surface area (TPSA) is 26.3 Å². The van der Waals surface area contributed by atoms with Crippen molar-refractivity contribution in [3.05, 3.63) is 12.2 Å². The molecule has 110 valence electrons. The molecule has 0 radical (unpaired) electrons. The first kappa shape index (κ1) is 16.3. The first-order valence-electron chi connectivity index (χ1n) is 7.89. The van der Waals surface area contributed by atoms with E-state index in [1.165, 1.54) is 32.1 Å². The van der Waals surface area contributed by atoms with Gasteiger partial charge in [0.05, 0.1) is 12.5 Å². The number of hydrogen-bond acceptors (Lipinski definition) is 2. The van der Waals surface area contributed by atoms with E-state index < -0.39 is 0 Å². The highest BCUT2D eigenvalue weighted by Gasteiger charge is 2.61. The number of allylic oxidation sites excluding steroid dienone is 2. The van der Waals surface area contributed by atoms with Crippen molar-refractivity contribution in [1.82, 2.24) is 0 Å². The summed E-state index contributed by atoms with van der Waals surface area (Å²) in [6, 6.07) is 0. The molecule has 2 unspecified atom stereocenters. The molecule has 1 aliphatic carbocycles. The summed E-state index contributed by atoms with van der Waals surface area (Å²) in [5, 5.41) is 0. The fraction of sp³-hybridized carbons (Fsp3) is 0.824. The number of ether oxygens (including phenoxy) is 1. The Morgan fingerprint density at radius 1 is 1.16 bits per heavy atom. The van der Waals surface area contributed by atoms with E-state index in [1.807, 2.05) is 6.92 Å². The predicted octanol–water partition coefficient (Wildman–Crippen LogP) is 4.74. The zero-order valence-electron chi connectivity index (χ0n) is 13.1. The van der Waals surface area contributed by atoms with Gasteiger partial charge in [0.1, 0.15) is 0 Å². The van der Waals surface area contributed by atoms with Gasteiger partial charge in [0.25, 0.3) is 0 Å². The van der Waals surface area contributed by atoms with Crippen LogP contribution < -0.4 is 0 Å². The maximum absolute atomic E-state index is 11.8. The quantitative estimate of drug-likeness (QED) is 0.342. The van der Waals surface area contributed by atoms with E-state index >= 15 is 0 Å². The Morgan fingerprint density at radius 2 is 1.84 bits per heavy atom. The SMILES string of the molecule is CCCCCCC/C=C/C1C(C(=O)OCC)C1(C)C. The molecule has 1 saturated carbocycles. The first-order chi connectivity index (χ1) is 9.05. The lowest BCUT2D eigenvalue weighted by Gasteiger charge is -2.01. The molecule has 0 amide bonds. The van der Waals surface area contributed by atoms with Crippen molar-refractivity contribution in [2.45, 2.75) is 66.2 Å². The summed E-state index contributed by atoms with van der Waals surface area (Å²) in [4.78, 5) is 11.8. The highest BCUT2D eigenvalue weighted by atomic mass is 16.5. The van der Waals surface area contributed by atoms with Crippen LogP contribution in [0.2, 0.25) is 0 Å². The van der Waals surface area contributed by atoms with Crippen LogP contribution in [0, 0.1) is 17.3 Å². The van der Waals surface area contributed by atoms with Crippen LogP contribution in [0.25, 0.3) is 0 Å². The molecular weight excluding hydrogens is 236 g/mol. The Labute approximate surface area is 118 Å². The minimum atomic E-state index is -0.0231. The number of carbonyl (C=O) groups excluding carboxylic acids is 1. The van der Waals surface area contributed by atoms with Crippen LogP contribution in [0.3, 0.4) is 0 Å². The molecule has 0 spiro atoms. The second-order valence-corrected chi connectivity index (χ2v) is 6.21. The second kappa shape index (κ2) is 7.72. The van der Waals surface area contributed by atoms with E-state index in [9.17, 15) is 4.79 Å². The van der Waals surface area contributed by atoms with Gasteiger partial charge in [0.2, 0.25) is 0 Å². The third-order valence-electron chi connectivity index (χ3n) is 4.27. The molecule has 0 aromatic heterocycles. The zero-order valence-corrected chi connectivity index (χ0v) is 13.1. The van der Waals surface area contributed by atoms with Crippen LogP contribution in [0.1, 0.15) is 66.2 Å². The molecule has 1 aliphatic rings. The molecule has 0 heterocycles. The van der Waals surface area contributed by atoms with E-state index in [2.05, 4.69) is 32.9 Å². The Bertz CT molecular complexity index is 304. The second-order valence-electron chi connectivity index (χ2n) is 6.21. The summed E-state index contributed by atoms with van der Waals surface area (Å²) in [5.41, 5.74) is 0.0883. The smallest absolute Gasteiger partial charge is 0.310 e. The minimum absolute atomic E-state index is 0.0231. The van der Waals surface area contributed by atoms with E-state index in [0.29, 0.717) is 12.5 Å². The maximum Gasteiger partial charge on any atom is 0.310 e. The molecule has 1 rings (SSSR count). The summed E-state index contributed by atoms with van der Waals surface area (Å²) in [6.45, 7) is 8.91. The van der Waals surface area contributed by atoms with Crippen molar-refractivity contribution >= 4 is 5.97 Å². The molecule has 2 atom stereocenters. The van der Waals surface area contributed by atoms with Crippen molar-refractivity contribution in [1.29, 1.82) is 0 Å². The first-order valence-corrected chi connectivity index (χ1v) is 7.89. The fourth-order valence-electron chi connectivity index (χ4n) is 2.83. The normalized spacial score (nSPS) is 24.6. The molecule has 2 heteroatoms. The highest BCUT2D eigenvalue weighted by Crippen LogP contribution is 2.59. The van der Waals surface area contributed by atoms with E-state index in [1.54, 1.807) is 0 Å². The van der Waals surface area contributed by atoms with Crippen LogP contribution in [0.4, 0.5) is 0 Å². The zero-order chi connectivity index (χ0) is 14.3. The molecule has 19 heavy (non-hydrogen) atoms. The molecule has 0 aromatic carbocycles. The lowest BCUT2D eigenvalue weighted by molar-refractivity contribution is -0.145. The highest BCUT2D eigenvalue weighted by molar-refractivity contribution is 5.78. The van der Waals surface area contributed by atoms with Gasteiger partial charge in [-0.1, -0.05) is 58.6 Å². The lowest BCUT2D eigenvalue weighted by Crippen LogP contribution is -2.10. The number of carbonyl (C=O) groups is 1. The van der Waals surface area contributed by atoms with Gasteiger partial charge in [-0.25, -0.2) is 0 Å². The van der Waals surface area contributed by atoms with Crippen LogP contribution >= 0.6 is 0 Å². The van der Waals surface area contributed by atoms with Gasteiger partial charge in [-0.3, -0.25) is 4.79 Å². The van der Waals surface area contributed by atoms with Crippen molar-refractivity contribution in [3.63, 3.8) is 0 Å². The van der Waals surface area contributed by atoms with Gasteiger partial charge in [-0.15, -0.1) is 0 Å². The molecule has 0 aliphatic heterocycles. The van der Waals surface area contributed by atoms with Gasteiger partial charge in [0.15, 0.2) is 0 Å². The van der Waals surface area contributed by atoms with Gasteiger partial charge in [-0.2, -0.15) is 0 Å². The average molecular weight is 266 g/mol. The number of rotatable bonds is 9. The molecule has 0 N–H and O–H groups in total. The molecule has 0 bridgehead atoms. The molecule has 0 aromatic rings. The van der Waals surface area contributed by atoms with Crippen molar-refractivity contribution in [3.8, 4) is 0 Å². The predicted molar refractivity (Wildman–Crippen MR) is 79.9 cm³/mol. The summed E-state index contributed by atoms with van der Waals surface area (Å²) >= 11 is 0. The average Bonchev–Trinajstić information content (AvgIpc) is 2.90. The van der Waals surface area contributed by atoms with Crippen molar-refractivity contribution < 1.29 is 9.53 Å². The Balaban J connectivity index is 2.23. The molecule has 2 nitrogen and oxygen atoms in total. The largest absolute Gasteiger partial charge is 0.466 e. The van der Waals surface area contributed by atoms with Gasteiger partial charge >= 0.3 is 5.97 Å². The Kier molecular flexibility index (Phi) is 6.60. The maximum atomic E-state index is 11.8. The lowest BCUT2D eigenvalue weighted by atomic mass is 10.1. The number of hydrogen-bond donors (Lipinski definition) is 0. The number of esters is 1. The van der Waals surface area contributed by atoms with Crippen LogP contribution in [0.15, 0.2) is 12.2 Å². The van der Waals surface area contributed by atoms with Gasteiger partial charge in [0, 0.05) is 0 Å². The third kappa shape index (κ3) is 4.67. The summed E-state index contributed by atoms with van der Waals surface area (Å²) < 4.78 is 5.13. The number of unbranched alkanes of at least 4 members (excludes halogenated alkanes) is 5. The van der Waals surface area contributed by atoms with Gasteiger partial charge in [-0.05, 0) is 31.1 Å². The summed E-state index contributed by atoms with van der Waals surface area (Å²) in [5.74, 6) is 0.427. The van der Waals surface area contributed by atoms with E-state index in [0.717, 1.165) is 6.42 Å². The summed E-state index contributed by atoms with van der Waals surface area (Å²) in [6.07, 6.45) is 12.2. The molecular formula is C17H30O2. The Hall–Kier alpha value is -0.790. The molecule has 1 fully saturated rings. The Morgan fingerprint density at radius 3 is 2.47 bits per heavy atom. The van der Waals surface area contributed by atoms with Gasteiger partial charge < -0.3 is 4.74 Å². The van der Waals surface area contributed by atoms with E-state index in [4.69, 9.17) is 4.74 Å². The van der Waals surface area contributed by atoms with Crippen LogP contribution in [-0.4, -0.2) is 12.6 Å². The third-order valence-corrected chi connectivity index (χ3v) is 4.27. The van der Waals surface area contributed by atoms with Crippen molar-refractivity contribution in [2.75, 3.05) is 6.61 Å². The fourth-order valence-corrected chi connectivity index (χ4v) is 2.83. The monoisotopic (exact) mass is 266 g/mol. The van der Waals surface area contributed by atoms with E-state index in [-0.39, 0.29) is 17.3 Å². The standard InChI is InChI=1S/C17H30O2/c1-5-7-8-9-10-11-12-13-14-15(17(14,3)4)16(18)19-6-2/h12-15H,5-11H2,1-4H3/b13-12+. The molecule has 0 saturated heterocycles. The summed E-state index contributed by atoms with van der Waals surface area (Å²) in [7, 11) is 0. The van der Waals surface area contributed by atoms with Crippen molar-refractivity contribution in [2.24, 2.45) is 17.3 Å². The minimum Gasteiger partial charge on any atom is -0.466 e.